The molecule has 34 heavy (non-hydrogen) atoms. The number of carboxylic acids is 1. The smallest absolute Gasteiger partial charge is 0.337 e. The number of carbonyl (C=O) groups excluding carboxylic acids is 1. The average Bonchev–Trinajstić information content (AvgIpc) is 3.35. The second kappa shape index (κ2) is 10.0. The van der Waals surface area contributed by atoms with Gasteiger partial charge in [-0.3, -0.25) is 14.4 Å². The molecule has 2 fully saturated rings. The van der Waals surface area contributed by atoms with Gasteiger partial charge >= 0.3 is 5.97 Å². The van der Waals surface area contributed by atoms with Crippen LogP contribution in [0.15, 0.2) is 47.4 Å². The van der Waals surface area contributed by atoms with Gasteiger partial charge in [0.15, 0.2) is 0 Å². The zero-order chi connectivity index (χ0) is 24.3. The monoisotopic (exact) mass is 486 g/mol. The standard InChI is InChI=1S/C24H30N4O5S/c1-18-6-2-3-7-22(18)34(32,33)25-19-8-9-21(20(16-19)24(30)31)27-14-12-26(13-15-27)17-23(29)28-10-4-5-11-28/h2-3,6-9,16,25H,4-5,10-15,17H2,1H3,(H,30,31). The minimum Gasteiger partial charge on any atom is -0.478 e. The predicted molar refractivity (Wildman–Crippen MR) is 130 cm³/mol. The molecule has 0 aromatic heterocycles. The molecular weight excluding hydrogens is 456 g/mol. The fourth-order valence-corrected chi connectivity index (χ4v) is 5.82. The summed E-state index contributed by atoms with van der Waals surface area (Å²) in [6.07, 6.45) is 2.13. The first-order valence-corrected chi connectivity index (χ1v) is 12.9. The number of piperazine rings is 1. The lowest BCUT2D eigenvalue weighted by molar-refractivity contribution is -0.131. The Bertz CT molecular complexity index is 1170. The summed E-state index contributed by atoms with van der Waals surface area (Å²) in [4.78, 5) is 30.5. The van der Waals surface area contributed by atoms with Gasteiger partial charge in [0.1, 0.15) is 0 Å². The lowest BCUT2D eigenvalue weighted by Crippen LogP contribution is -2.50. The first-order chi connectivity index (χ1) is 16.2. The Balaban J connectivity index is 1.44. The van der Waals surface area contributed by atoms with Gasteiger partial charge in [0.2, 0.25) is 5.91 Å². The molecule has 9 nitrogen and oxygen atoms in total. The van der Waals surface area contributed by atoms with E-state index in [0.29, 0.717) is 44.0 Å². The number of rotatable bonds is 7. The van der Waals surface area contributed by atoms with Gasteiger partial charge in [-0.2, -0.15) is 0 Å². The second-order valence-electron chi connectivity index (χ2n) is 8.76. The highest BCUT2D eigenvalue weighted by Crippen LogP contribution is 2.27. The van der Waals surface area contributed by atoms with Crippen molar-refractivity contribution in [2.24, 2.45) is 0 Å². The minimum absolute atomic E-state index is 0.0339. The van der Waals surface area contributed by atoms with Crippen LogP contribution in [0.5, 0.6) is 0 Å². The van der Waals surface area contributed by atoms with E-state index < -0.39 is 16.0 Å². The number of anilines is 2. The van der Waals surface area contributed by atoms with Crippen molar-refractivity contribution in [1.29, 1.82) is 0 Å². The van der Waals surface area contributed by atoms with Crippen molar-refractivity contribution >= 4 is 33.3 Å². The number of carboxylic acid groups (broad SMARTS) is 1. The Hall–Kier alpha value is -3.11. The Morgan fingerprint density at radius 3 is 2.29 bits per heavy atom. The molecule has 0 radical (unpaired) electrons. The molecule has 0 aliphatic carbocycles. The molecule has 2 heterocycles. The quantitative estimate of drug-likeness (QED) is 0.618. The third-order valence-corrected chi connectivity index (χ3v) is 7.93. The average molecular weight is 487 g/mol. The zero-order valence-electron chi connectivity index (χ0n) is 19.2. The number of aromatic carboxylic acids is 1. The van der Waals surface area contributed by atoms with E-state index in [9.17, 15) is 23.1 Å². The van der Waals surface area contributed by atoms with Crippen LogP contribution in [0.1, 0.15) is 28.8 Å². The molecule has 10 heteroatoms. The first-order valence-electron chi connectivity index (χ1n) is 11.5. The van der Waals surface area contributed by atoms with Crippen LogP contribution in [-0.2, 0) is 14.8 Å². The number of carbonyl (C=O) groups is 2. The second-order valence-corrected chi connectivity index (χ2v) is 10.4. The van der Waals surface area contributed by atoms with Crippen LogP contribution in [0.2, 0.25) is 0 Å². The molecule has 0 spiro atoms. The molecular formula is C24H30N4O5S. The molecule has 2 N–H and O–H groups in total. The molecule has 0 unspecified atom stereocenters. The van der Waals surface area contributed by atoms with Crippen molar-refractivity contribution in [3.63, 3.8) is 0 Å². The van der Waals surface area contributed by atoms with Gasteiger partial charge in [-0.1, -0.05) is 18.2 Å². The highest BCUT2D eigenvalue weighted by molar-refractivity contribution is 7.92. The van der Waals surface area contributed by atoms with Crippen LogP contribution in [0.25, 0.3) is 0 Å². The largest absolute Gasteiger partial charge is 0.478 e. The van der Waals surface area contributed by atoms with Gasteiger partial charge < -0.3 is 14.9 Å². The summed E-state index contributed by atoms with van der Waals surface area (Å²) in [7, 11) is -3.85. The van der Waals surface area contributed by atoms with Crippen molar-refractivity contribution in [2.45, 2.75) is 24.7 Å². The van der Waals surface area contributed by atoms with Gasteiger partial charge in [-0.05, 0) is 49.6 Å². The fraction of sp³-hybridized carbons (Fsp3) is 0.417. The summed E-state index contributed by atoms with van der Waals surface area (Å²) in [5, 5.41) is 9.81. The van der Waals surface area contributed by atoms with Gasteiger partial charge in [0, 0.05) is 45.0 Å². The maximum atomic E-state index is 12.8. The number of nitrogens with one attached hydrogen (secondary N) is 1. The van der Waals surface area contributed by atoms with Crippen LogP contribution in [0.4, 0.5) is 11.4 Å². The summed E-state index contributed by atoms with van der Waals surface area (Å²) in [6, 6.07) is 11.2. The zero-order valence-corrected chi connectivity index (χ0v) is 20.1. The minimum atomic E-state index is -3.85. The summed E-state index contributed by atoms with van der Waals surface area (Å²) >= 11 is 0. The molecule has 0 bridgehead atoms. The fourth-order valence-electron chi connectivity index (χ4n) is 4.52. The summed E-state index contributed by atoms with van der Waals surface area (Å²) in [5.74, 6) is -0.971. The topological polar surface area (TPSA) is 110 Å². The van der Waals surface area contributed by atoms with E-state index in [-0.39, 0.29) is 22.1 Å². The van der Waals surface area contributed by atoms with Gasteiger partial charge in [-0.25, -0.2) is 13.2 Å². The summed E-state index contributed by atoms with van der Waals surface area (Å²) in [6.45, 7) is 6.24. The summed E-state index contributed by atoms with van der Waals surface area (Å²) < 4.78 is 28.1. The highest BCUT2D eigenvalue weighted by atomic mass is 32.2. The lowest BCUT2D eigenvalue weighted by Gasteiger charge is -2.37. The Labute approximate surface area is 200 Å². The van der Waals surface area contributed by atoms with E-state index >= 15 is 0 Å². The first kappa shape index (κ1) is 24.0. The molecule has 2 aromatic carbocycles. The maximum absolute atomic E-state index is 12.8. The highest BCUT2D eigenvalue weighted by Gasteiger charge is 2.26. The van der Waals surface area contributed by atoms with Crippen molar-refractivity contribution in [1.82, 2.24) is 9.80 Å². The van der Waals surface area contributed by atoms with E-state index in [0.717, 1.165) is 25.9 Å². The number of hydrogen-bond donors (Lipinski definition) is 2. The van der Waals surface area contributed by atoms with E-state index in [1.807, 2.05) is 9.80 Å². The maximum Gasteiger partial charge on any atom is 0.337 e. The molecule has 0 atom stereocenters. The molecule has 0 saturated carbocycles. The number of likely N-dealkylation sites (tertiary alicyclic amines) is 1. The van der Waals surface area contributed by atoms with Crippen LogP contribution in [0.3, 0.4) is 0 Å². The number of nitrogens with zero attached hydrogens (tertiary/aromatic N) is 3. The predicted octanol–water partition coefficient (Wildman–Crippen LogP) is 2.24. The van der Waals surface area contributed by atoms with Crippen molar-refractivity contribution in [3.8, 4) is 0 Å². The molecule has 2 saturated heterocycles. The third kappa shape index (κ3) is 5.34. The number of benzene rings is 2. The van der Waals surface area contributed by atoms with Gasteiger partial charge in [0.25, 0.3) is 10.0 Å². The Kier molecular flexibility index (Phi) is 7.08. The molecule has 2 aliphatic rings. The molecule has 1 amide bonds. The van der Waals surface area contributed by atoms with Crippen molar-refractivity contribution in [3.05, 3.63) is 53.6 Å². The van der Waals surface area contributed by atoms with Crippen LogP contribution >= 0.6 is 0 Å². The number of sulfonamides is 1. The Morgan fingerprint density at radius 1 is 0.971 bits per heavy atom. The van der Waals surface area contributed by atoms with Crippen LogP contribution < -0.4 is 9.62 Å². The molecule has 4 rings (SSSR count). The molecule has 2 aliphatic heterocycles. The molecule has 2 aromatic rings. The van der Waals surface area contributed by atoms with Crippen LogP contribution in [0, 0.1) is 6.92 Å². The molecule has 182 valence electrons. The lowest BCUT2D eigenvalue weighted by atomic mass is 10.1. The third-order valence-electron chi connectivity index (χ3n) is 6.39. The number of amides is 1. The van der Waals surface area contributed by atoms with E-state index in [1.165, 1.54) is 12.1 Å². The van der Waals surface area contributed by atoms with E-state index in [1.54, 1.807) is 37.3 Å². The number of hydrogen-bond acceptors (Lipinski definition) is 6. The summed E-state index contributed by atoms with van der Waals surface area (Å²) in [5.41, 5.74) is 1.37. The number of aryl methyl sites for hydroxylation is 1. The Morgan fingerprint density at radius 2 is 1.65 bits per heavy atom. The van der Waals surface area contributed by atoms with Crippen LogP contribution in [-0.4, -0.2) is 81.0 Å². The van der Waals surface area contributed by atoms with Gasteiger partial charge in [-0.15, -0.1) is 0 Å². The SMILES string of the molecule is Cc1ccccc1S(=O)(=O)Nc1ccc(N2CCN(CC(=O)N3CCCC3)CC2)c(C(=O)O)c1. The van der Waals surface area contributed by atoms with E-state index in [4.69, 9.17) is 0 Å². The van der Waals surface area contributed by atoms with Gasteiger partial charge in [0.05, 0.1) is 22.7 Å². The van der Waals surface area contributed by atoms with Crippen molar-refractivity contribution in [2.75, 3.05) is 55.4 Å². The van der Waals surface area contributed by atoms with Crippen molar-refractivity contribution < 1.29 is 23.1 Å². The van der Waals surface area contributed by atoms with E-state index in [2.05, 4.69) is 9.62 Å². The normalized spacial score (nSPS) is 17.1.